The lowest BCUT2D eigenvalue weighted by Gasteiger charge is -2.08. The van der Waals surface area contributed by atoms with Crippen LogP contribution in [0, 0.1) is 5.82 Å². The Balaban J connectivity index is 2.68. The Morgan fingerprint density at radius 3 is 2.81 bits per heavy atom. The molecule has 1 heterocycles. The van der Waals surface area contributed by atoms with Gasteiger partial charge in [0.1, 0.15) is 5.82 Å². The molecule has 0 aliphatic rings. The molecule has 2 aromatic rings. The fourth-order valence-electron chi connectivity index (χ4n) is 1.42. The van der Waals surface area contributed by atoms with Crippen molar-refractivity contribution in [1.82, 2.24) is 9.78 Å². The van der Waals surface area contributed by atoms with E-state index in [0.29, 0.717) is 11.3 Å². The van der Waals surface area contributed by atoms with Gasteiger partial charge < -0.3 is 0 Å². The quantitative estimate of drug-likeness (QED) is 0.794. The zero-order valence-corrected chi connectivity index (χ0v) is 10.0. The minimum absolute atomic E-state index is 0.133. The van der Waals surface area contributed by atoms with Gasteiger partial charge in [-0.15, -0.1) is 0 Å². The zero-order valence-electron chi connectivity index (χ0n) is 8.45. The highest BCUT2D eigenvalue weighted by atomic mass is 79.9. The summed E-state index contributed by atoms with van der Waals surface area (Å²) in [6, 6.07) is 4.46. The van der Waals surface area contributed by atoms with Crippen LogP contribution in [0.4, 0.5) is 4.39 Å². The lowest BCUT2D eigenvalue weighted by atomic mass is 10.1. The first-order valence-electron chi connectivity index (χ1n) is 4.59. The first-order valence-corrected chi connectivity index (χ1v) is 5.39. The molecule has 82 valence electrons. The Bertz CT molecular complexity index is 537. The number of nitrogens with zero attached hydrogens (tertiary/aromatic N) is 2. The Morgan fingerprint density at radius 1 is 1.50 bits per heavy atom. The average molecular weight is 283 g/mol. The van der Waals surface area contributed by atoms with Crippen molar-refractivity contribution in [3.05, 3.63) is 46.4 Å². The normalized spacial score (nSPS) is 10.4. The molecular formula is C11H8BrFN2O. The maximum atomic E-state index is 13.4. The first-order chi connectivity index (χ1) is 7.59. The SMILES string of the molecule is CC(=O)c1cc(Br)c(F)cc1-n1cccn1. The first kappa shape index (κ1) is 11.0. The molecule has 0 fully saturated rings. The van der Waals surface area contributed by atoms with E-state index < -0.39 is 5.82 Å². The summed E-state index contributed by atoms with van der Waals surface area (Å²) in [7, 11) is 0. The van der Waals surface area contributed by atoms with Crippen molar-refractivity contribution in [2.24, 2.45) is 0 Å². The minimum Gasteiger partial charge on any atom is -0.294 e. The Morgan fingerprint density at radius 2 is 2.25 bits per heavy atom. The molecule has 0 N–H and O–H groups in total. The molecule has 0 bridgehead atoms. The molecule has 0 unspecified atom stereocenters. The lowest BCUT2D eigenvalue weighted by Crippen LogP contribution is -2.05. The van der Waals surface area contributed by atoms with Gasteiger partial charge in [0.25, 0.3) is 0 Å². The molecule has 1 aromatic carbocycles. The number of halogens is 2. The summed E-state index contributed by atoms with van der Waals surface area (Å²) in [5.74, 6) is -0.554. The van der Waals surface area contributed by atoms with Crippen molar-refractivity contribution in [2.45, 2.75) is 6.92 Å². The van der Waals surface area contributed by atoms with Crippen molar-refractivity contribution in [3.8, 4) is 5.69 Å². The van der Waals surface area contributed by atoms with Crippen LogP contribution < -0.4 is 0 Å². The summed E-state index contributed by atoms with van der Waals surface area (Å²) < 4.78 is 15.2. The second-order valence-electron chi connectivity index (χ2n) is 3.29. The van der Waals surface area contributed by atoms with Gasteiger partial charge in [-0.2, -0.15) is 5.10 Å². The second-order valence-corrected chi connectivity index (χ2v) is 4.14. The molecule has 0 atom stereocenters. The summed E-state index contributed by atoms with van der Waals surface area (Å²) in [6.45, 7) is 1.44. The van der Waals surface area contributed by atoms with E-state index in [-0.39, 0.29) is 10.3 Å². The maximum Gasteiger partial charge on any atom is 0.162 e. The summed E-state index contributed by atoms with van der Waals surface area (Å²) in [6.07, 6.45) is 3.24. The van der Waals surface area contributed by atoms with E-state index in [1.807, 2.05) is 0 Å². The molecule has 0 radical (unpaired) electrons. The van der Waals surface area contributed by atoms with Crippen LogP contribution in [-0.4, -0.2) is 15.6 Å². The Labute approximate surface area is 100 Å². The second kappa shape index (κ2) is 4.17. The molecule has 5 heteroatoms. The van der Waals surface area contributed by atoms with E-state index in [2.05, 4.69) is 21.0 Å². The highest BCUT2D eigenvalue weighted by Crippen LogP contribution is 2.23. The van der Waals surface area contributed by atoms with Gasteiger partial charge in [0.2, 0.25) is 0 Å². The zero-order chi connectivity index (χ0) is 11.7. The van der Waals surface area contributed by atoms with Crippen LogP contribution in [0.25, 0.3) is 5.69 Å². The highest BCUT2D eigenvalue weighted by Gasteiger charge is 2.13. The van der Waals surface area contributed by atoms with Crippen LogP contribution in [0.2, 0.25) is 0 Å². The van der Waals surface area contributed by atoms with E-state index in [0.717, 1.165) is 0 Å². The standard InChI is InChI=1S/C11H8BrFN2O/c1-7(16)8-5-9(12)10(13)6-11(8)15-4-2-3-14-15/h2-6H,1H3. The number of hydrogen-bond acceptors (Lipinski definition) is 2. The smallest absolute Gasteiger partial charge is 0.162 e. The van der Waals surface area contributed by atoms with Crippen molar-refractivity contribution in [3.63, 3.8) is 0 Å². The van der Waals surface area contributed by atoms with Crippen molar-refractivity contribution in [1.29, 1.82) is 0 Å². The minimum atomic E-state index is -0.421. The van der Waals surface area contributed by atoms with E-state index in [1.165, 1.54) is 23.7 Å². The van der Waals surface area contributed by atoms with Crippen LogP contribution in [-0.2, 0) is 0 Å². The Hall–Kier alpha value is -1.49. The van der Waals surface area contributed by atoms with Gasteiger partial charge in [0.05, 0.1) is 10.2 Å². The van der Waals surface area contributed by atoms with Gasteiger partial charge in [0, 0.05) is 24.0 Å². The molecule has 0 saturated heterocycles. The van der Waals surface area contributed by atoms with Gasteiger partial charge in [-0.3, -0.25) is 4.79 Å². The summed E-state index contributed by atoms with van der Waals surface area (Å²) in [5.41, 5.74) is 0.871. The molecule has 0 aliphatic heterocycles. The number of aromatic nitrogens is 2. The van der Waals surface area contributed by atoms with Gasteiger partial charge in [-0.1, -0.05) is 0 Å². The highest BCUT2D eigenvalue weighted by molar-refractivity contribution is 9.10. The third-order valence-corrected chi connectivity index (χ3v) is 2.78. The molecule has 16 heavy (non-hydrogen) atoms. The monoisotopic (exact) mass is 282 g/mol. The predicted molar refractivity (Wildman–Crippen MR) is 61.2 cm³/mol. The lowest BCUT2D eigenvalue weighted by molar-refractivity contribution is 0.101. The van der Waals surface area contributed by atoms with Gasteiger partial charge in [0.15, 0.2) is 5.78 Å². The fraction of sp³-hybridized carbons (Fsp3) is 0.0909. The molecule has 1 aromatic heterocycles. The Kier molecular flexibility index (Phi) is 2.87. The van der Waals surface area contributed by atoms with Gasteiger partial charge >= 0.3 is 0 Å². The molecule has 2 rings (SSSR count). The summed E-state index contributed by atoms with van der Waals surface area (Å²) in [5, 5.41) is 3.98. The number of ketones is 1. The third-order valence-electron chi connectivity index (χ3n) is 2.17. The van der Waals surface area contributed by atoms with Crippen LogP contribution in [0.5, 0.6) is 0 Å². The summed E-state index contributed by atoms with van der Waals surface area (Å²) >= 11 is 3.05. The number of carbonyl (C=O) groups is 1. The maximum absolute atomic E-state index is 13.4. The van der Waals surface area contributed by atoms with Crippen LogP contribution in [0.15, 0.2) is 35.1 Å². The largest absolute Gasteiger partial charge is 0.294 e. The van der Waals surface area contributed by atoms with Crippen molar-refractivity contribution in [2.75, 3.05) is 0 Å². The van der Waals surface area contributed by atoms with Crippen LogP contribution in [0.3, 0.4) is 0 Å². The molecule has 3 nitrogen and oxygen atoms in total. The van der Waals surface area contributed by atoms with E-state index in [9.17, 15) is 9.18 Å². The van der Waals surface area contributed by atoms with Crippen molar-refractivity contribution >= 4 is 21.7 Å². The van der Waals surface area contributed by atoms with Gasteiger partial charge in [-0.05, 0) is 35.0 Å². The van der Waals surface area contributed by atoms with E-state index >= 15 is 0 Å². The molecule has 0 spiro atoms. The third kappa shape index (κ3) is 1.90. The number of benzene rings is 1. The molecule has 0 saturated carbocycles. The molecular weight excluding hydrogens is 275 g/mol. The molecule has 0 amide bonds. The number of rotatable bonds is 2. The number of hydrogen-bond donors (Lipinski definition) is 0. The van der Waals surface area contributed by atoms with E-state index in [1.54, 1.807) is 18.5 Å². The van der Waals surface area contributed by atoms with Gasteiger partial charge in [-0.25, -0.2) is 9.07 Å². The predicted octanol–water partition coefficient (Wildman–Crippen LogP) is 2.98. The van der Waals surface area contributed by atoms with Crippen molar-refractivity contribution < 1.29 is 9.18 Å². The van der Waals surface area contributed by atoms with Crippen LogP contribution >= 0.6 is 15.9 Å². The number of Topliss-reactive ketones (excluding diaryl/α,β-unsaturated/α-hetero) is 1. The molecule has 0 aliphatic carbocycles. The summed E-state index contributed by atoms with van der Waals surface area (Å²) in [4.78, 5) is 11.4. The average Bonchev–Trinajstić information content (AvgIpc) is 2.74. The number of carbonyl (C=O) groups excluding carboxylic acids is 1. The fourth-order valence-corrected chi connectivity index (χ4v) is 1.76. The van der Waals surface area contributed by atoms with E-state index in [4.69, 9.17) is 0 Å². The van der Waals surface area contributed by atoms with Crippen LogP contribution in [0.1, 0.15) is 17.3 Å². The topological polar surface area (TPSA) is 34.9 Å².